The van der Waals surface area contributed by atoms with Gasteiger partial charge in [-0.1, -0.05) is 22.9 Å². The number of carbonyl (C=O) groups is 1. The smallest absolute Gasteiger partial charge is 0.123 e. The van der Waals surface area contributed by atoms with E-state index >= 15 is 0 Å². The van der Waals surface area contributed by atoms with Crippen LogP contribution in [0.2, 0.25) is 0 Å². The molecule has 0 aliphatic heterocycles. The van der Waals surface area contributed by atoms with E-state index in [0.29, 0.717) is 12.3 Å². The molecular weight excluding hydrogens is 208 g/mol. The fraction of sp³-hybridized carbons (Fsp3) is 0.875. The van der Waals surface area contributed by atoms with Gasteiger partial charge in [0, 0.05) is 10.7 Å². The molecule has 0 bridgehead atoms. The number of aliphatic hydroxyl groups is 1. The molecule has 11 heavy (non-hydrogen) atoms. The average Bonchev–Trinajstić information content (AvgIpc) is 1.99. The highest BCUT2D eigenvalue weighted by atomic mass is 79.9. The van der Waals surface area contributed by atoms with E-state index in [4.69, 9.17) is 0 Å². The zero-order valence-electron chi connectivity index (χ0n) is 6.53. The highest BCUT2D eigenvalue weighted by molar-refractivity contribution is 9.09. The van der Waals surface area contributed by atoms with E-state index in [1.54, 1.807) is 0 Å². The van der Waals surface area contributed by atoms with Gasteiger partial charge in [0.05, 0.1) is 6.10 Å². The lowest BCUT2D eigenvalue weighted by atomic mass is 9.81. The Kier molecular flexibility index (Phi) is 3.07. The molecule has 1 rings (SSSR count). The maximum Gasteiger partial charge on any atom is 0.123 e. The van der Waals surface area contributed by atoms with E-state index in [1.165, 1.54) is 0 Å². The Morgan fingerprint density at radius 2 is 2.18 bits per heavy atom. The first-order valence-corrected chi connectivity index (χ1v) is 4.84. The van der Waals surface area contributed by atoms with Crippen LogP contribution in [0, 0.1) is 11.8 Å². The van der Waals surface area contributed by atoms with Crippen LogP contribution < -0.4 is 0 Å². The van der Waals surface area contributed by atoms with Gasteiger partial charge in [-0.05, 0) is 18.8 Å². The normalized spacial score (nSPS) is 45.4. The van der Waals surface area contributed by atoms with Crippen molar-refractivity contribution in [2.75, 3.05) is 0 Å². The summed E-state index contributed by atoms with van der Waals surface area (Å²) in [6.07, 6.45) is 2.12. The molecule has 0 aromatic heterocycles. The molecule has 0 saturated heterocycles. The van der Waals surface area contributed by atoms with Gasteiger partial charge in [-0.3, -0.25) is 0 Å². The van der Waals surface area contributed by atoms with Crippen LogP contribution in [0.5, 0.6) is 0 Å². The molecule has 0 aromatic rings. The molecule has 64 valence electrons. The Balaban J connectivity index is 2.54. The largest absolute Gasteiger partial charge is 0.392 e. The number of hydrogen-bond acceptors (Lipinski definition) is 2. The van der Waals surface area contributed by atoms with Crippen molar-refractivity contribution in [2.24, 2.45) is 11.8 Å². The van der Waals surface area contributed by atoms with Crippen LogP contribution in [0.1, 0.15) is 19.8 Å². The average molecular weight is 221 g/mol. The van der Waals surface area contributed by atoms with Crippen LogP contribution in [0.3, 0.4) is 0 Å². The second kappa shape index (κ2) is 3.68. The first kappa shape index (κ1) is 9.20. The zero-order valence-corrected chi connectivity index (χ0v) is 8.12. The van der Waals surface area contributed by atoms with Crippen molar-refractivity contribution in [3.63, 3.8) is 0 Å². The Bertz CT molecular complexity index is 137. The molecule has 3 heteroatoms. The summed E-state index contributed by atoms with van der Waals surface area (Å²) in [7, 11) is 0. The molecule has 0 heterocycles. The van der Waals surface area contributed by atoms with E-state index in [-0.39, 0.29) is 16.8 Å². The Hall–Kier alpha value is 0.110. The van der Waals surface area contributed by atoms with Crippen LogP contribution in [0.4, 0.5) is 0 Å². The van der Waals surface area contributed by atoms with Gasteiger partial charge >= 0.3 is 0 Å². The van der Waals surface area contributed by atoms with Gasteiger partial charge in [0.1, 0.15) is 6.29 Å². The fourth-order valence-corrected chi connectivity index (χ4v) is 2.07. The highest BCUT2D eigenvalue weighted by Crippen LogP contribution is 2.32. The molecule has 0 aromatic carbocycles. The van der Waals surface area contributed by atoms with E-state index in [1.807, 2.05) is 0 Å². The van der Waals surface area contributed by atoms with Crippen LogP contribution >= 0.6 is 15.9 Å². The molecule has 0 amide bonds. The monoisotopic (exact) mass is 220 g/mol. The summed E-state index contributed by atoms with van der Waals surface area (Å²) in [6.45, 7) is 2.05. The fourth-order valence-electron chi connectivity index (χ4n) is 1.63. The summed E-state index contributed by atoms with van der Waals surface area (Å²) in [5.74, 6) is 0.461. The van der Waals surface area contributed by atoms with Crippen molar-refractivity contribution in [2.45, 2.75) is 30.7 Å². The predicted octanol–water partition coefficient (Wildman–Crippen LogP) is 1.36. The third kappa shape index (κ3) is 2.03. The zero-order chi connectivity index (χ0) is 8.43. The Labute approximate surface area is 75.1 Å². The molecule has 4 atom stereocenters. The Morgan fingerprint density at radius 1 is 1.55 bits per heavy atom. The molecular formula is C8H13BrO2. The summed E-state index contributed by atoms with van der Waals surface area (Å²) in [4.78, 5) is 10.6. The maximum atomic E-state index is 10.4. The molecule has 1 N–H and O–H groups in total. The van der Waals surface area contributed by atoms with Crippen molar-refractivity contribution in [3.8, 4) is 0 Å². The topological polar surface area (TPSA) is 37.3 Å². The maximum absolute atomic E-state index is 10.4. The molecule has 1 saturated carbocycles. The number of carbonyl (C=O) groups excluding carboxylic acids is 1. The van der Waals surface area contributed by atoms with Gasteiger partial charge in [-0.2, -0.15) is 0 Å². The van der Waals surface area contributed by atoms with Crippen molar-refractivity contribution >= 4 is 22.2 Å². The summed E-state index contributed by atoms with van der Waals surface area (Å²) in [6, 6.07) is 0. The second-order valence-corrected chi connectivity index (χ2v) is 4.41. The predicted molar refractivity (Wildman–Crippen MR) is 46.7 cm³/mol. The third-order valence-corrected chi connectivity index (χ3v) is 3.84. The van der Waals surface area contributed by atoms with E-state index in [2.05, 4.69) is 22.9 Å². The first-order valence-electron chi connectivity index (χ1n) is 3.92. The highest BCUT2D eigenvalue weighted by Gasteiger charge is 2.32. The lowest BCUT2D eigenvalue weighted by Crippen LogP contribution is -2.36. The van der Waals surface area contributed by atoms with Crippen LogP contribution in [0.25, 0.3) is 0 Å². The molecule has 4 unspecified atom stereocenters. The van der Waals surface area contributed by atoms with E-state index < -0.39 is 0 Å². The molecule has 1 fully saturated rings. The van der Waals surface area contributed by atoms with Gasteiger partial charge in [-0.25, -0.2) is 0 Å². The van der Waals surface area contributed by atoms with Crippen molar-refractivity contribution in [3.05, 3.63) is 0 Å². The molecule has 0 radical (unpaired) electrons. The summed E-state index contributed by atoms with van der Waals surface area (Å²) in [5, 5.41) is 9.44. The molecule has 0 spiro atoms. The number of alkyl halides is 1. The van der Waals surface area contributed by atoms with Crippen molar-refractivity contribution in [1.82, 2.24) is 0 Å². The minimum atomic E-state index is -0.353. The van der Waals surface area contributed by atoms with Gasteiger partial charge in [0.25, 0.3) is 0 Å². The van der Waals surface area contributed by atoms with E-state index in [0.717, 1.165) is 12.7 Å². The van der Waals surface area contributed by atoms with E-state index in [9.17, 15) is 9.90 Å². The van der Waals surface area contributed by atoms with Crippen molar-refractivity contribution in [1.29, 1.82) is 0 Å². The standard InChI is InChI=1S/C8H13BrO2/c1-5-2-6(4-10)3-7(11)8(5)9/h4-8,11H,2-3H2,1H3. The second-order valence-electron chi connectivity index (χ2n) is 3.36. The number of rotatable bonds is 1. The Morgan fingerprint density at radius 3 is 2.64 bits per heavy atom. The lowest BCUT2D eigenvalue weighted by molar-refractivity contribution is -0.113. The van der Waals surface area contributed by atoms with Crippen LogP contribution in [-0.2, 0) is 4.79 Å². The van der Waals surface area contributed by atoms with Gasteiger partial charge in [0.15, 0.2) is 0 Å². The van der Waals surface area contributed by atoms with Crippen LogP contribution in [-0.4, -0.2) is 22.3 Å². The third-order valence-electron chi connectivity index (χ3n) is 2.32. The number of aliphatic hydroxyl groups excluding tert-OH is 1. The van der Waals surface area contributed by atoms with Gasteiger partial charge < -0.3 is 9.90 Å². The SMILES string of the molecule is CC1CC(C=O)CC(O)C1Br. The molecule has 2 nitrogen and oxygen atoms in total. The summed E-state index contributed by atoms with van der Waals surface area (Å²) < 4.78 is 0. The lowest BCUT2D eigenvalue weighted by Gasteiger charge is -2.32. The number of hydrogen-bond donors (Lipinski definition) is 1. The summed E-state index contributed by atoms with van der Waals surface area (Å²) >= 11 is 3.41. The van der Waals surface area contributed by atoms with Crippen molar-refractivity contribution < 1.29 is 9.90 Å². The molecule has 1 aliphatic carbocycles. The minimum Gasteiger partial charge on any atom is -0.392 e. The van der Waals surface area contributed by atoms with Gasteiger partial charge in [0.2, 0.25) is 0 Å². The quantitative estimate of drug-likeness (QED) is 0.536. The number of halogens is 1. The van der Waals surface area contributed by atoms with Crippen LogP contribution in [0.15, 0.2) is 0 Å². The number of aldehydes is 1. The van der Waals surface area contributed by atoms with Gasteiger partial charge in [-0.15, -0.1) is 0 Å². The summed E-state index contributed by atoms with van der Waals surface area (Å²) in [5.41, 5.74) is 0. The molecule has 1 aliphatic rings. The first-order chi connectivity index (χ1) is 5.15. The minimum absolute atomic E-state index is 0.0637.